The molecule has 6 heteroatoms. The second-order valence-corrected chi connectivity index (χ2v) is 2.23. The highest BCUT2D eigenvalue weighted by molar-refractivity contribution is 5.72. The first-order chi connectivity index (χ1) is 5.74. The molecule has 6 nitrogen and oxygen atoms in total. The van der Waals surface area contributed by atoms with E-state index in [-0.39, 0.29) is 13.3 Å². The van der Waals surface area contributed by atoms with Gasteiger partial charge in [0.1, 0.15) is 6.61 Å². The van der Waals surface area contributed by atoms with Gasteiger partial charge in [0.15, 0.2) is 6.73 Å². The number of cyclic esters (lactones) is 1. The van der Waals surface area contributed by atoms with E-state index in [0.29, 0.717) is 13.2 Å². The minimum Gasteiger partial charge on any atom is -0.447 e. The SMILES string of the molecule is NCC(=O)OCN1CCOC1=O. The summed E-state index contributed by atoms with van der Waals surface area (Å²) in [4.78, 5) is 22.6. The fourth-order valence-corrected chi connectivity index (χ4v) is 0.752. The van der Waals surface area contributed by atoms with Crippen molar-refractivity contribution >= 4 is 12.1 Å². The van der Waals surface area contributed by atoms with Gasteiger partial charge in [0, 0.05) is 0 Å². The molecule has 0 aromatic carbocycles. The van der Waals surface area contributed by atoms with Gasteiger partial charge in [-0.3, -0.25) is 9.69 Å². The summed E-state index contributed by atoms with van der Waals surface area (Å²) >= 11 is 0. The summed E-state index contributed by atoms with van der Waals surface area (Å²) < 4.78 is 9.20. The van der Waals surface area contributed by atoms with Crippen molar-refractivity contribution in [3.05, 3.63) is 0 Å². The van der Waals surface area contributed by atoms with Crippen LogP contribution in [0.1, 0.15) is 0 Å². The van der Waals surface area contributed by atoms with Crippen LogP contribution in [0.25, 0.3) is 0 Å². The van der Waals surface area contributed by atoms with E-state index in [1.807, 2.05) is 0 Å². The Morgan fingerprint density at radius 1 is 1.75 bits per heavy atom. The first-order valence-corrected chi connectivity index (χ1v) is 3.51. The smallest absolute Gasteiger partial charge is 0.412 e. The molecule has 0 atom stereocenters. The third kappa shape index (κ3) is 2.09. The highest BCUT2D eigenvalue weighted by Crippen LogP contribution is 2.02. The fraction of sp³-hybridized carbons (Fsp3) is 0.667. The molecule has 0 aromatic rings. The monoisotopic (exact) mass is 174 g/mol. The van der Waals surface area contributed by atoms with E-state index < -0.39 is 12.1 Å². The lowest BCUT2D eigenvalue weighted by atomic mass is 10.6. The second-order valence-electron chi connectivity index (χ2n) is 2.23. The Balaban J connectivity index is 2.22. The maximum Gasteiger partial charge on any atom is 0.412 e. The van der Waals surface area contributed by atoms with E-state index in [1.54, 1.807) is 0 Å². The Morgan fingerprint density at radius 3 is 3.00 bits per heavy atom. The molecule has 1 heterocycles. The summed E-state index contributed by atoms with van der Waals surface area (Å²) in [5, 5.41) is 0. The van der Waals surface area contributed by atoms with Crippen molar-refractivity contribution in [2.45, 2.75) is 0 Å². The number of hydrogen-bond donors (Lipinski definition) is 1. The van der Waals surface area contributed by atoms with E-state index in [9.17, 15) is 9.59 Å². The summed E-state index contributed by atoms with van der Waals surface area (Å²) in [5.74, 6) is -0.533. The van der Waals surface area contributed by atoms with Crippen molar-refractivity contribution in [3.63, 3.8) is 0 Å². The molecule has 2 N–H and O–H groups in total. The van der Waals surface area contributed by atoms with Crippen LogP contribution in [-0.4, -0.2) is 43.4 Å². The van der Waals surface area contributed by atoms with Crippen molar-refractivity contribution in [2.24, 2.45) is 5.73 Å². The number of esters is 1. The number of amides is 1. The first-order valence-electron chi connectivity index (χ1n) is 3.51. The number of carbonyl (C=O) groups excluding carboxylic acids is 2. The van der Waals surface area contributed by atoms with Crippen LogP contribution >= 0.6 is 0 Å². The predicted octanol–water partition coefficient (Wildman–Crippen LogP) is -1.10. The summed E-state index contributed by atoms with van der Waals surface area (Å²) in [6.07, 6.45) is -0.458. The van der Waals surface area contributed by atoms with Crippen LogP contribution in [0.5, 0.6) is 0 Å². The average Bonchev–Trinajstić information content (AvgIpc) is 2.47. The summed E-state index contributed by atoms with van der Waals surface area (Å²) in [6, 6.07) is 0. The Kier molecular flexibility index (Phi) is 2.87. The minimum atomic E-state index is -0.533. The average molecular weight is 174 g/mol. The molecule has 1 rings (SSSR count). The van der Waals surface area contributed by atoms with Crippen LogP contribution in [0.3, 0.4) is 0 Å². The van der Waals surface area contributed by atoms with Gasteiger partial charge in [-0.15, -0.1) is 0 Å². The fourth-order valence-electron chi connectivity index (χ4n) is 0.752. The molecule has 1 saturated heterocycles. The third-order valence-electron chi connectivity index (χ3n) is 1.39. The molecule has 0 bridgehead atoms. The van der Waals surface area contributed by atoms with Gasteiger partial charge >= 0.3 is 12.1 Å². The van der Waals surface area contributed by atoms with E-state index >= 15 is 0 Å². The number of ether oxygens (including phenoxy) is 2. The lowest BCUT2D eigenvalue weighted by molar-refractivity contribution is -0.145. The Morgan fingerprint density at radius 2 is 2.50 bits per heavy atom. The molecule has 1 aliphatic rings. The normalized spacial score (nSPS) is 16.1. The molecule has 0 saturated carbocycles. The molecule has 0 aliphatic carbocycles. The zero-order chi connectivity index (χ0) is 8.97. The van der Waals surface area contributed by atoms with Crippen LogP contribution in [0.15, 0.2) is 0 Å². The molecule has 0 unspecified atom stereocenters. The van der Waals surface area contributed by atoms with Crippen LogP contribution in [-0.2, 0) is 14.3 Å². The van der Waals surface area contributed by atoms with Gasteiger partial charge in [-0.25, -0.2) is 4.79 Å². The van der Waals surface area contributed by atoms with Crippen LogP contribution < -0.4 is 5.73 Å². The van der Waals surface area contributed by atoms with Crippen LogP contribution in [0, 0.1) is 0 Å². The summed E-state index contributed by atoms with van der Waals surface area (Å²) in [5.41, 5.74) is 4.98. The van der Waals surface area contributed by atoms with E-state index in [0.717, 1.165) is 0 Å². The number of carbonyl (C=O) groups is 2. The molecule has 0 aromatic heterocycles. The third-order valence-corrected chi connectivity index (χ3v) is 1.39. The van der Waals surface area contributed by atoms with Gasteiger partial charge in [0.05, 0.1) is 13.1 Å². The molecule has 1 amide bonds. The van der Waals surface area contributed by atoms with E-state index in [4.69, 9.17) is 5.73 Å². The van der Waals surface area contributed by atoms with E-state index in [1.165, 1.54) is 4.90 Å². The van der Waals surface area contributed by atoms with E-state index in [2.05, 4.69) is 9.47 Å². The highest BCUT2D eigenvalue weighted by atomic mass is 16.6. The number of hydrogen-bond acceptors (Lipinski definition) is 5. The van der Waals surface area contributed by atoms with Crippen molar-refractivity contribution in [1.29, 1.82) is 0 Å². The zero-order valence-electron chi connectivity index (χ0n) is 6.49. The zero-order valence-corrected chi connectivity index (χ0v) is 6.49. The van der Waals surface area contributed by atoms with Crippen LogP contribution in [0.4, 0.5) is 4.79 Å². The van der Waals surface area contributed by atoms with Gasteiger partial charge in [0.25, 0.3) is 0 Å². The molecule has 0 radical (unpaired) electrons. The summed E-state index contributed by atoms with van der Waals surface area (Å²) in [6.45, 7) is 0.549. The maximum atomic E-state index is 10.8. The van der Waals surface area contributed by atoms with Crippen LogP contribution in [0.2, 0.25) is 0 Å². The van der Waals surface area contributed by atoms with Gasteiger partial charge in [0.2, 0.25) is 0 Å². The van der Waals surface area contributed by atoms with Gasteiger partial charge < -0.3 is 15.2 Å². The lowest BCUT2D eigenvalue weighted by Crippen LogP contribution is -2.30. The molecule has 1 aliphatic heterocycles. The molecule has 12 heavy (non-hydrogen) atoms. The number of rotatable bonds is 3. The molecule has 68 valence electrons. The topological polar surface area (TPSA) is 81.9 Å². The molecular formula is C6H10N2O4. The highest BCUT2D eigenvalue weighted by Gasteiger charge is 2.22. The Bertz CT molecular complexity index is 194. The Labute approximate surface area is 69.2 Å². The predicted molar refractivity (Wildman–Crippen MR) is 38.1 cm³/mol. The standard InChI is InChI=1S/C6H10N2O4/c7-3-5(9)12-4-8-1-2-11-6(8)10/h1-4,7H2. The number of nitrogens with zero attached hydrogens (tertiary/aromatic N) is 1. The van der Waals surface area contributed by atoms with Gasteiger partial charge in [-0.1, -0.05) is 0 Å². The van der Waals surface area contributed by atoms with Gasteiger partial charge in [-0.05, 0) is 0 Å². The quantitative estimate of drug-likeness (QED) is 0.549. The summed E-state index contributed by atoms with van der Waals surface area (Å²) in [7, 11) is 0. The Hall–Kier alpha value is -1.30. The molecule has 0 spiro atoms. The largest absolute Gasteiger partial charge is 0.447 e. The maximum absolute atomic E-state index is 10.8. The minimum absolute atomic E-state index is 0.0745. The second kappa shape index (κ2) is 3.91. The van der Waals surface area contributed by atoms with Crippen molar-refractivity contribution in [3.8, 4) is 0 Å². The molecular weight excluding hydrogens is 164 g/mol. The van der Waals surface area contributed by atoms with Crippen molar-refractivity contribution < 1.29 is 19.1 Å². The molecule has 1 fully saturated rings. The lowest BCUT2D eigenvalue weighted by Gasteiger charge is -2.11. The first kappa shape index (κ1) is 8.79. The van der Waals surface area contributed by atoms with Gasteiger partial charge in [-0.2, -0.15) is 0 Å². The number of nitrogens with two attached hydrogens (primary N) is 1. The van der Waals surface area contributed by atoms with Crippen molar-refractivity contribution in [2.75, 3.05) is 26.4 Å². The van der Waals surface area contributed by atoms with Crippen molar-refractivity contribution in [1.82, 2.24) is 4.90 Å².